The van der Waals surface area contributed by atoms with Crippen molar-refractivity contribution in [1.82, 2.24) is 4.57 Å². The van der Waals surface area contributed by atoms with Crippen molar-refractivity contribution in [2.24, 2.45) is 0 Å². The summed E-state index contributed by atoms with van der Waals surface area (Å²) < 4.78 is 11.6. The quantitative estimate of drug-likeness (QED) is 0.778. The van der Waals surface area contributed by atoms with Crippen LogP contribution in [0.2, 0.25) is 0 Å². The number of fused-ring (bicyclic) bond motifs is 1. The van der Waals surface area contributed by atoms with Gasteiger partial charge >= 0.3 is 11.9 Å². The smallest absolute Gasteiger partial charge is 0.340 e. The van der Waals surface area contributed by atoms with Crippen LogP contribution in [0, 0.1) is 6.92 Å². The minimum atomic E-state index is -0.521. The molecule has 0 radical (unpaired) electrons. The average molecular weight is 359 g/mol. The van der Waals surface area contributed by atoms with Gasteiger partial charge in [-0.15, -0.1) is 11.8 Å². The number of hydrogen-bond donors (Lipinski definition) is 0. The summed E-state index contributed by atoms with van der Waals surface area (Å²) in [4.78, 5) is 24.9. The highest BCUT2D eigenvalue weighted by Gasteiger charge is 2.46. The Morgan fingerprint density at radius 3 is 2.16 bits per heavy atom. The molecule has 1 atom stereocenters. The first kappa shape index (κ1) is 17.6. The van der Waals surface area contributed by atoms with Crippen molar-refractivity contribution in [3.63, 3.8) is 0 Å². The molecule has 0 spiro atoms. The molecule has 0 saturated heterocycles. The van der Waals surface area contributed by atoms with Gasteiger partial charge in [0.05, 0.1) is 35.8 Å². The van der Waals surface area contributed by atoms with Gasteiger partial charge in [0.1, 0.15) is 5.37 Å². The topological polar surface area (TPSA) is 57.5 Å². The summed E-state index contributed by atoms with van der Waals surface area (Å²) in [5.74, 6) is -1.04. The molecule has 2 aromatic rings. The van der Waals surface area contributed by atoms with Gasteiger partial charge in [0.25, 0.3) is 0 Å². The van der Waals surface area contributed by atoms with Crippen molar-refractivity contribution in [1.29, 1.82) is 0 Å². The second-order valence-electron chi connectivity index (χ2n) is 6.43. The first-order valence-electron chi connectivity index (χ1n) is 7.98. The summed E-state index contributed by atoms with van der Waals surface area (Å²) in [6.07, 6.45) is 0. The van der Waals surface area contributed by atoms with Crippen LogP contribution in [0.15, 0.2) is 30.3 Å². The fraction of sp³-hybridized carbons (Fsp3) is 0.368. The van der Waals surface area contributed by atoms with Crippen LogP contribution in [0.4, 0.5) is 0 Å². The van der Waals surface area contributed by atoms with E-state index >= 15 is 0 Å². The number of rotatable bonds is 3. The number of hydrogen-bond acceptors (Lipinski definition) is 5. The third-order valence-corrected chi connectivity index (χ3v) is 6.01. The van der Waals surface area contributed by atoms with Gasteiger partial charge in [-0.05, 0) is 26.3 Å². The Balaban J connectivity index is 2.32. The zero-order valence-electron chi connectivity index (χ0n) is 15.0. The molecule has 1 aliphatic rings. The molecule has 6 heteroatoms. The van der Waals surface area contributed by atoms with Gasteiger partial charge in [0.15, 0.2) is 0 Å². The predicted molar refractivity (Wildman–Crippen MR) is 97.0 cm³/mol. The number of benzene rings is 1. The van der Waals surface area contributed by atoms with Crippen LogP contribution >= 0.6 is 11.8 Å². The number of esters is 2. The lowest BCUT2D eigenvalue weighted by Gasteiger charge is -2.19. The molecule has 1 aromatic carbocycles. The van der Waals surface area contributed by atoms with E-state index in [0.717, 1.165) is 11.3 Å². The molecular formula is C19H21NO4S. The molecule has 132 valence electrons. The van der Waals surface area contributed by atoms with Crippen molar-refractivity contribution < 1.29 is 19.1 Å². The lowest BCUT2D eigenvalue weighted by atomic mass is 10.0. The van der Waals surface area contributed by atoms with Gasteiger partial charge in [0.2, 0.25) is 0 Å². The minimum absolute atomic E-state index is 0.0204. The number of aromatic nitrogens is 1. The van der Waals surface area contributed by atoms with Crippen LogP contribution in [0.5, 0.6) is 0 Å². The number of methoxy groups -OCH3 is 2. The summed E-state index contributed by atoms with van der Waals surface area (Å²) in [6, 6.07) is 10.1. The molecule has 0 amide bonds. The fourth-order valence-corrected chi connectivity index (χ4v) is 5.00. The van der Waals surface area contributed by atoms with Gasteiger partial charge in [-0.3, -0.25) is 0 Å². The Bertz CT molecular complexity index is 839. The van der Waals surface area contributed by atoms with Crippen molar-refractivity contribution in [3.8, 4) is 0 Å². The summed E-state index contributed by atoms with van der Waals surface area (Å²) in [5.41, 5.74) is 3.23. The van der Waals surface area contributed by atoms with Crippen molar-refractivity contribution in [2.75, 3.05) is 14.2 Å². The van der Waals surface area contributed by atoms with Crippen molar-refractivity contribution >= 4 is 23.7 Å². The molecular weight excluding hydrogens is 338 g/mol. The molecule has 0 saturated carbocycles. The molecule has 1 unspecified atom stereocenters. The van der Waals surface area contributed by atoms with E-state index in [-0.39, 0.29) is 10.1 Å². The Morgan fingerprint density at radius 2 is 1.60 bits per heavy atom. The number of nitrogens with zero attached hydrogens (tertiary/aromatic N) is 1. The van der Waals surface area contributed by atoms with Crippen LogP contribution in [0.25, 0.3) is 0 Å². The molecule has 2 heterocycles. The predicted octanol–water partition coefficient (Wildman–Crippen LogP) is 3.90. The highest BCUT2D eigenvalue weighted by atomic mass is 32.2. The van der Waals surface area contributed by atoms with Crippen LogP contribution in [-0.4, -0.2) is 30.7 Å². The van der Waals surface area contributed by atoms with Crippen LogP contribution in [0.3, 0.4) is 0 Å². The highest BCUT2D eigenvalue weighted by Crippen LogP contribution is 2.56. The van der Waals surface area contributed by atoms with E-state index in [4.69, 9.17) is 9.47 Å². The van der Waals surface area contributed by atoms with E-state index < -0.39 is 11.9 Å². The maximum Gasteiger partial charge on any atom is 0.340 e. The Labute approximate surface area is 151 Å². The second-order valence-corrected chi connectivity index (χ2v) is 8.13. The van der Waals surface area contributed by atoms with E-state index in [0.29, 0.717) is 16.8 Å². The van der Waals surface area contributed by atoms with Crippen LogP contribution in [-0.2, 0) is 14.2 Å². The first-order chi connectivity index (χ1) is 11.8. The Morgan fingerprint density at radius 1 is 1.04 bits per heavy atom. The van der Waals surface area contributed by atoms with Gasteiger partial charge in [-0.1, -0.05) is 30.3 Å². The Kier molecular flexibility index (Phi) is 4.41. The summed E-state index contributed by atoms with van der Waals surface area (Å²) >= 11 is 1.74. The summed E-state index contributed by atoms with van der Waals surface area (Å²) in [7, 11) is 2.65. The minimum Gasteiger partial charge on any atom is -0.465 e. The molecule has 5 nitrogen and oxygen atoms in total. The van der Waals surface area contributed by atoms with Gasteiger partial charge in [-0.2, -0.15) is 0 Å². The van der Waals surface area contributed by atoms with E-state index in [9.17, 15) is 9.59 Å². The third kappa shape index (κ3) is 2.65. The maximum absolute atomic E-state index is 12.5. The zero-order valence-corrected chi connectivity index (χ0v) is 15.8. The van der Waals surface area contributed by atoms with Gasteiger partial charge in [-0.25, -0.2) is 9.59 Å². The molecule has 0 aliphatic carbocycles. The molecule has 1 aliphatic heterocycles. The molecule has 0 bridgehead atoms. The monoisotopic (exact) mass is 359 g/mol. The Hall–Kier alpha value is -2.21. The molecule has 3 rings (SSSR count). The van der Waals surface area contributed by atoms with Crippen molar-refractivity contribution in [2.45, 2.75) is 30.9 Å². The fourth-order valence-electron chi connectivity index (χ4n) is 3.47. The zero-order chi connectivity index (χ0) is 18.4. The standard InChI is InChI=1S/C19H21NO4S/c1-11-13(17(21)23-4)14(18(22)24-5)15-19(2,3)25-16(20(11)15)12-9-7-6-8-10-12/h6-10,16H,1-5H3. The van der Waals surface area contributed by atoms with E-state index in [2.05, 4.69) is 30.5 Å². The third-order valence-electron chi connectivity index (χ3n) is 4.53. The van der Waals surface area contributed by atoms with Crippen LogP contribution < -0.4 is 0 Å². The van der Waals surface area contributed by atoms with E-state index in [1.165, 1.54) is 14.2 Å². The number of carbonyl (C=O) groups is 2. The molecule has 1 aromatic heterocycles. The SMILES string of the molecule is COC(=O)c1c(C(=O)OC)c2n(c1C)C(c1ccccc1)SC2(C)C. The lowest BCUT2D eigenvalue weighted by Crippen LogP contribution is -2.17. The van der Waals surface area contributed by atoms with Crippen LogP contribution in [0.1, 0.15) is 56.9 Å². The molecule has 0 N–H and O–H groups in total. The second kappa shape index (κ2) is 6.26. The highest BCUT2D eigenvalue weighted by molar-refractivity contribution is 8.00. The lowest BCUT2D eigenvalue weighted by molar-refractivity contribution is 0.0554. The average Bonchev–Trinajstić information content (AvgIpc) is 3.07. The first-order valence-corrected chi connectivity index (χ1v) is 8.86. The number of carbonyl (C=O) groups excluding carboxylic acids is 2. The van der Waals surface area contributed by atoms with Gasteiger partial charge in [0, 0.05) is 5.69 Å². The van der Waals surface area contributed by atoms with Crippen molar-refractivity contribution in [3.05, 3.63) is 58.4 Å². The number of thioether (sulfide) groups is 1. The van der Waals surface area contributed by atoms with E-state index in [1.807, 2.05) is 25.1 Å². The summed E-state index contributed by atoms with van der Waals surface area (Å²) in [6.45, 7) is 5.96. The van der Waals surface area contributed by atoms with E-state index in [1.54, 1.807) is 11.8 Å². The summed E-state index contributed by atoms with van der Waals surface area (Å²) in [5, 5.41) is -0.0204. The molecule has 0 fully saturated rings. The molecule has 25 heavy (non-hydrogen) atoms. The van der Waals surface area contributed by atoms with Gasteiger partial charge < -0.3 is 14.0 Å². The number of ether oxygens (including phenoxy) is 2. The largest absolute Gasteiger partial charge is 0.465 e. The maximum atomic E-state index is 12.5. The normalized spacial score (nSPS) is 17.9.